The van der Waals surface area contributed by atoms with Crippen LogP contribution < -0.4 is 10.6 Å². The normalized spacial score (nSPS) is 30.2. The van der Waals surface area contributed by atoms with E-state index in [0.29, 0.717) is 28.8 Å². The van der Waals surface area contributed by atoms with Crippen LogP contribution in [-0.4, -0.2) is 77.5 Å². The lowest BCUT2D eigenvalue weighted by Crippen LogP contribution is -2.57. The lowest BCUT2D eigenvalue weighted by molar-refractivity contribution is -0.141. The minimum Gasteiger partial charge on any atom is -0.359 e. The summed E-state index contributed by atoms with van der Waals surface area (Å²) in [5.41, 5.74) is -0.677. The molecule has 5 rings (SSSR count). The third kappa shape index (κ3) is 4.85. The summed E-state index contributed by atoms with van der Waals surface area (Å²) in [5.74, 6) is -2.27. The highest BCUT2D eigenvalue weighted by Gasteiger charge is 2.72. The predicted octanol–water partition coefficient (Wildman–Crippen LogP) is 3.87. The van der Waals surface area contributed by atoms with Crippen molar-refractivity contribution in [3.63, 3.8) is 0 Å². The Labute approximate surface area is 234 Å². The molecule has 0 aromatic heterocycles. The van der Waals surface area contributed by atoms with Crippen molar-refractivity contribution in [2.24, 2.45) is 11.8 Å². The van der Waals surface area contributed by atoms with Crippen LogP contribution in [0.15, 0.2) is 30.4 Å². The first-order valence-electron chi connectivity index (χ1n) is 13.7. The van der Waals surface area contributed by atoms with Crippen LogP contribution in [0.3, 0.4) is 0 Å². The molecule has 5 atom stereocenters. The van der Waals surface area contributed by atoms with Crippen LogP contribution in [0.5, 0.6) is 0 Å². The molecule has 10 heteroatoms. The summed E-state index contributed by atoms with van der Waals surface area (Å²) in [6, 6.07) is 4.14. The summed E-state index contributed by atoms with van der Waals surface area (Å²) in [6.07, 6.45) is 8.34. The summed E-state index contributed by atoms with van der Waals surface area (Å²) < 4.78 is 6.43. The number of rotatable bonds is 9. The maximum absolute atomic E-state index is 14.0. The molecule has 1 aliphatic carbocycles. The summed E-state index contributed by atoms with van der Waals surface area (Å²) in [6.45, 7) is 6.88. The van der Waals surface area contributed by atoms with Gasteiger partial charge in [0.15, 0.2) is 0 Å². The first kappa shape index (κ1) is 27.4. The lowest BCUT2D eigenvalue weighted by atomic mass is 9.74. The topological polar surface area (TPSA) is 91.0 Å². The van der Waals surface area contributed by atoms with Crippen molar-refractivity contribution in [3.05, 3.63) is 40.4 Å². The molecule has 1 spiro atoms. The number of benzene rings is 1. The number of halogens is 2. The minimum atomic E-state index is -1.16. The van der Waals surface area contributed by atoms with E-state index in [1.165, 1.54) is 6.42 Å². The van der Waals surface area contributed by atoms with E-state index in [-0.39, 0.29) is 23.8 Å². The highest BCUT2D eigenvalue weighted by Crippen LogP contribution is 2.55. The number of fused-ring (bicyclic) bond motifs is 1. The van der Waals surface area contributed by atoms with E-state index in [4.69, 9.17) is 27.9 Å². The Morgan fingerprint density at radius 1 is 1.11 bits per heavy atom. The Morgan fingerprint density at radius 3 is 2.53 bits per heavy atom. The van der Waals surface area contributed by atoms with Crippen LogP contribution in [0.1, 0.15) is 46.0 Å². The number of nitrogens with one attached hydrogen (secondary N) is 2. The molecular weight excluding hydrogens is 527 g/mol. The van der Waals surface area contributed by atoms with Gasteiger partial charge in [0.1, 0.15) is 11.6 Å². The van der Waals surface area contributed by atoms with Gasteiger partial charge in [-0.3, -0.25) is 14.4 Å². The van der Waals surface area contributed by atoms with Gasteiger partial charge < -0.3 is 25.2 Å². The van der Waals surface area contributed by atoms with Gasteiger partial charge in [0.05, 0.1) is 28.0 Å². The second kappa shape index (κ2) is 11.2. The largest absolute Gasteiger partial charge is 0.359 e. The van der Waals surface area contributed by atoms with E-state index in [0.717, 1.165) is 38.8 Å². The van der Waals surface area contributed by atoms with Crippen molar-refractivity contribution >= 4 is 46.6 Å². The van der Waals surface area contributed by atoms with Crippen molar-refractivity contribution in [2.75, 3.05) is 31.5 Å². The molecule has 206 valence electrons. The van der Waals surface area contributed by atoms with Crippen molar-refractivity contribution in [3.8, 4) is 0 Å². The summed E-state index contributed by atoms with van der Waals surface area (Å²) in [7, 11) is 0. The fourth-order valence-electron chi connectivity index (χ4n) is 6.62. The second-order valence-electron chi connectivity index (χ2n) is 10.7. The number of likely N-dealkylation sites (tertiary alicyclic amines) is 1. The molecule has 1 saturated carbocycles. The molecule has 3 fully saturated rings. The van der Waals surface area contributed by atoms with Gasteiger partial charge in [0, 0.05) is 24.8 Å². The predicted molar refractivity (Wildman–Crippen MR) is 147 cm³/mol. The number of ether oxygens (including phenoxy) is 1. The minimum absolute atomic E-state index is 0.0998. The zero-order valence-electron chi connectivity index (χ0n) is 21.9. The van der Waals surface area contributed by atoms with E-state index in [9.17, 15) is 14.4 Å². The Bertz CT molecular complexity index is 1120. The average molecular weight is 564 g/mol. The standard InChI is InChI=1S/C28H36Cl2N4O4/c1-3-33(4-2)14-15-34-24(26(36)31-17-8-6-5-7-9-17)28-13-12-21(38-28)22(23(28)27(34)37)25(35)32-18-10-11-19(29)20(30)16-18/h10-13,16-17,21-24H,3-9,14-15H2,1-2H3,(H,31,36)(H,32,35)/t21-,22+,23-,24-,28-/m0/s1. The molecule has 38 heavy (non-hydrogen) atoms. The molecule has 3 heterocycles. The highest BCUT2D eigenvalue weighted by molar-refractivity contribution is 6.42. The number of hydrogen-bond donors (Lipinski definition) is 2. The second-order valence-corrected chi connectivity index (χ2v) is 11.5. The monoisotopic (exact) mass is 562 g/mol. The molecule has 2 saturated heterocycles. The quantitative estimate of drug-likeness (QED) is 0.446. The molecule has 4 aliphatic rings. The Kier molecular flexibility index (Phi) is 8.06. The first-order chi connectivity index (χ1) is 18.3. The van der Waals surface area contributed by atoms with Crippen LogP contribution in [-0.2, 0) is 19.1 Å². The Hall–Kier alpha value is -2.13. The van der Waals surface area contributed by atoms with Crippen LogP contribution >= 0.6 is 23.2 Å². The van der Waals surface area contributed by atoms with Crippen LogP contribution in [0.25, 0.3) is 0 Å². The van der Waals surface area contributed by atoms with E-state index < -0.39 is 29.6 Å². The van der Waals surface area contributed by atoms with Crippen LogP contribution in [0, 0.1) is 11.8 Å². The smallest absolute Gasteiger partial charge is 0.246 e. The number of nitrogens with zero attached hydrogens (tertiary/aromatic N) is 2. The zero-order valence-corrected chi connectivity index (χ0v) is 23.4. The highest BCUT2D eigenvalue weighted by atomic mass is 35.5. The van der Waals surface area contributed by atoms with Gasteiger partial charge in [-0.2, -0.15) is 0 Å². The van der Waals surface area contributed by atoms with Crippen LogP contribution in [0.4, 0.5) is 5.69 Å². The number of carbonyl (C=O) groups excluding carboxylic acids is 3. The molecule has 3 amide bonds. The lowest BCUT2D eigenvalue weighted by Gasteiger charge is -2.34. The van der Waals surface area contributed by atoms with Gasteiger partial charge in [-0.05, 0) is 44.1 Å². The van der Waals surface area contributed by atoms with Gasteiger partial charge in [-0.25, -0.2) is 0 Å². The molecule has 0 radical (unpaired) electrons. The molecule has 2 N–H and O–H groups in total. The van der Waals surface area contributed by atoms with Gasteiger partial charge in [0.2, 0.25) is 17.7 Å². The Balaban J connectivity index is 1.42. The molecule has 1 aromatic carbocycles. The molecule has 3 aliphatic heterocycles. The van der Waals surface area contributed by atoms with E-state index in [2.05, 4.69) is 29.4 Å². The zero-order chi connectivity index (χ0) is 27.0. The fourth-order valence-corrected chi connectivity index (χ4v) is 6.92. The SMILES string of the molecule is CCN(CC)CCN1C(=O)[C@@H]2[C@H](C(=O)Nc3ccc(Cl)c(Cl)c3)[C@@H]3C=C[C@@]2(O3)[C@@H]1C(=O)NC1CCCCC1. The molecule has 0 unspecified atom stereocenters. The molecular formula is C28H36Cl2N4O4. The van der Waals surface area contributed by atoms with Crippen molar-refractivity contribution in [1.82, 2.24) is 15.1 Å². The van der Waals surface area contributed by atoms with Crippen molar-refractivity contribution in [2.45, 2.75) is 69.7 Å². The number of anilines is 1. The van der Waals surface area contributed by atoms with Gasteiger partial charge in [0.25, 0.3) is 0 Å². The van der Waals surface area contributed by atoms with Crippen molar-refractivity contribution < 1.29 is 19.1 Å². The third-order valence-electron chi connectivity index (χ3n) is 8.62. The number of amides is 3. The van der Waals surface area contributed by atoms with Gasteiger partial charge >= 0.3 is 0 Å². The fraction of sp³-hybridized carbons (Fsp3) is 0.607. The molecule has 2 bridgehead atoms. The Morgan fingerprint density at radius 2 is 1.84 bits per heavy atom. The number of carbonyl (C=O) groups is 3. The third-order valence-corrected chi connectivity index (χ3v) is 9.35. The summed E-state index contributed by atoms with van der Waals surface area (Å²) >= 11 is 12.2. The summed E-state index contributed by atoms with van der Waals surface area (Å²) in [5, 5.41) is 6.82. The van der Waals surface area contributed by atoms with E-state index >= 15 is 0 Å². The first-order valence-corrected chi connectivity index (χ1v) is 14.5. The van der Waals surface area contributed by atoms with Crippen molar-refractivity contribution in [1.29, 1.82) is 0 Å². The van der Waals surface area contributed by atoms with E-state index in [1.54, 1.807) is 23.1 Å². The number of likely N-dealkylation sites (N-methyl/N-ethyl adjacent to an activating group) is 1. The average Bonchev–Trinajstić information content (AvgIpc) is 3.55. The molecule has 8 nitrogen and oxygen atoms in total. The maximum atomic E-state index is 14.0. The van der Waals surface area contributed by atoms with Gasteiger partial charge in [-0.1, -0.05) is 68.5 Å². The van der Waals surface area contributed by atoms with Gasteiger partial charge in [-0.15, -0.1) is 0 Å². The molecule has 1 aromatic rings. The summed E-state index contributed by atoms with van der Waals surface area (Å²) in [4.78, 5) is 45.3. The van der Waals surface area contributed by atoms with Crippen LogP contribution in [0.2, 0.25) is 10.0 Å². The maximum Gasteiger partial charge on any atom is 0.246 e. The van der Waals surface area contributed by atoms with E-state index in [1.807, 2.05) is 12.2 Å². The number of hydrogen-bond acceptors (Lipinski definition) is 5.